The molecule has 20 heavy (non-hydrogen) atoms. The van der Waals surface area contributed by atoms with Crippen LogP contribution < -0.4 is 16.6 Å². The highest BCUT2D eigenvalue weighted by Gasteiger charge is 2.12. The van der Waals surface area contributed by atoms with E-state index in [0.717, 1.165) is 0 Å². The van der Waals surface area contributed by atoms with Crippen molar-refractivity contribution in [2.75, 3.05) is 5.43 Å². The molecule has 0 aliphatic carbocycles. The van der Waals surface area contributed by atoms with Crippen molar-refractivity contribution in [2.24, 2.45) is 5.84 Å². The molecule has 0 aliphatic heterocycles. The van der Waals surface area contributed by atoms with E-state index in [1.54, 1.807) is 12.5 Å². The third-order valence-corrected chi connectivity index (χ3v) is 2.95. The first-order valence-corrected chi connectivity index (χ1v) is 6.36. The summed E-state index contributed by atoms with van der Waals surface area (Å²) in [4.78, 5) is 20.0. The average molecular weight is 295 g/mol. The first-order valence-electron chi connectivity index (χ1n) is 5.99. The van der Waals surface area contributed by atoms with Gasteiger partial charge in [0, 0.05) is 31.2 Å². The van der Waals surface area contributed by atoms with Gasteiger partial charge >= 0.3 is 0 Å². The lowest BCUT2D eigenvalue weighted by molar-refractivity contribution is 0.0936. The van der Waals surface area contributed by atoms with Gasteiger partial charge in [0.1, 0.15) is 0 Å². The van der Waals surface area contributed by atoms with Crippen molar-refractivity contribution in [1.82, 2.24) is 19.9 Å². The van der Waals surface area contributed by atoms with Gasteiger partial charge in [-0.3, -0.25) is 4.79 Å². The predicted octanol–water partition coefficient (Wildman–Crippen LogP) is 1.04. The number of carbonyl (C=O) groups excluding carboxylic acids is 1. The minimum Gasteiger partial charge on any atom is -0.348 e. The van der Waals surface area contributed by atoms with Crippen molar-refractivity contribution in [1.29, 1.82) is 0 Å². The standard InChI is InChI=1S/C12H15ClN6O/c1-8(6-19-3-2-15-7-19)17-12(20)9-4-10(13)11(18-14)16-5-9/h2-5,7-8H,6,14H2,1H3,(H,16,18)(H,17,20). The van der Waals surface area contributed by atoms with Crippen molar-refractivity contribution >= 4 is 23.3 Å². The Morgan fingerprint density at radius 3 is 3.00 bits per heavy atom. The fourth-order valence-corrected chi connectivity index (χ4v) is 1.95. The number of halogens is 1. The number of anilines is 1. The van der Waals surface area contributed by atoms with Gasteiger partial charge < -0.3 is 15.3 Å². The van der Waals surface area contributed by atoms with Gasteiger partial charge in [0.2, 0.25) is 0 Å². The second-order valence-electron chi connectivity index (χ2n) is 4.33. The highest BCUT2D eigenvalue weighted by molar-refractivity contribution is 6.33. The Morgan fingerprint density at radius 2 is 2.40 bits per heavy atom. The molecule has 8 heteroatoms. The molecule has 0 bridgehead atoms. The van der Waals surface area contributed by atoms with Gasteiger partial charge in [0.05, 0.1) is 16.9 Å². The Balaban J connectivity index is 1.99. The number of nitrogen functional groups attached to an aromatic ring is 1. The molecule has 0 spiro atoms. The van der Waals surface area contributed by atoms with Crippen LogP contribution in [0.25, 0.3) is 0 Å². The Kier molecular flexibility index (Phi) is 4.54. The van der Waals surface area contributed by atoms with Crippen LogP contribution >= 0.6 is 11.6 Å². The van der Waals surface area contributed by atoms with Gasteiger partial charge in [-0.05, 0) is 13.0 Å². The van der Waals surface area contributed by atoms with Crippen molar-refractivity contribution in [3.63, 3.8) is 0 Å². The van der Waals surface area contributed by atoms with Crippen molar-refractivity contribution in [2.45, 2.75) is 19.5 Å². The molecule has 0 fully saturated rings. The number of nitrogens with zero attached hydrogens (tertiary/aromatic N) is 3. The molecular weight excluding hydrogens is 280 g/mol. The van der Waals surface area contributed by atoms with E-state index in [1.807, 2.05) is 17.7 Å². The van der Waals surface area contributed by atoms with Gasteiger partial charge in [-0.15, -0.1) is 0 Å². The average Bonchev–Trinajstić information content (AvgIpc) is 2.91. The minimum absolute atomic E-state index is 0.0530. The molecule has 2 rings (SSSR count). The third kappa shape index (κ3) is 3.46. The van der Waals surface area contributed by atoms with Crippen LogP contribution in [0, 0.1) is 0 Å². The zero-order valence-electron chi connectivity index (χ0n) is 10.9. The lowest BCUT2D eigenvalue weighted by atomic mass is 10.2. The molecule has 7 nitrogen and oxygen atoms in total. The number of aromatic nitrogens is 3. The number of pyridine rings is 1. The van der Waals surface area contributed by atoms with E-state index in [9.17, 15) is 4.79 Å². The molecule has 2 aromatic heterocycles. The molecule has 2 aromatic rings. The summed E-state index contributed by atoms with van der Waals surface area (Å²) in [6, 6.07) is 1.46. The fraction of sp³-hybridized carbons (Fsp3) is 0.250. The Bertz CT molecular complexity index is 586. The van der Waals surface area contributed by atoms with Gasteiger partial charge in [0.15, 0.2) is 5.82 Å². The molecule has 0 saturated carbocycles. The second-order valence-corrected chi connectivity index (χ2v) is 4.74. The van der Waals surface area contributed by atoms with Gasteiger partial charge in [-0.1, -0.05) is 11.6 Å². The number of hydrogen-bond donors (Lipinski definition) is 3. The molecular formula is C12H15ClN6O. The summed E-state index contributed by atoms with van der Waals surface area (Å²) < 4.78 is 1.89. The number of hydrazine groups is 1. The van der Waals surface area contributed by atoms with Crippen LogP contribution in [0.1, 0.15) is 17.3 Å². The van der Waals surface area contributed by atoms with E-state index < -0.39 is 0 Å². The van der Waals surface area contributed by atoms with E-state index in [-0.39, 0.29) is 11.9 Å². The Morgan fingerprint density at radius 1 is 1.60 bits per heavy atom. The van der Waals surface area contributed by atoms with Crippen molar-refractivity contribution < 1.29 is 4.79 Å². The fourth-order valence-electron chi connectivity index (χ4n) is 1.73. The molecule has 0 saturated heterocycles. The van der Waals surface area contributed by atoms with E-state index in [2.05, 4.69) is 20.7 Å². The monoisotopic (exact) mass is 294 g/mol. The van der Waals surface area contributed by atoms with E-state index in [4.69, 9.17) is 17.4 Å². The molecule has 0 aliphatic rings. The Labute approximate surface area is 121 Å². The first kappa shape index (κ1) is 14.3. The number of hydrogen-bond acceptors (Lipinski definition) is 5. The summed E-state index contributed by atoms with van der Waals surface area (Å²) in [5.74, 6) is 5.32. The minimum atomic E-state index is -0.240. The van der Waals surface area contributed by atoms with Crippen LogP contribution in [0.3, 0.4) is 0 Å². The van der Waals surface area contributed by atoms with E-state index in [1.165, 1.54) is 12.3 Å². The summed E-state index contributed by atoms with van der Waals surface area (Å²) in [5.41, 5.74) is 2.73. The number of rotatable bonds is 5. The molecule has 2 heterocycles. The van der Waals surface area contributed by atoms with Gasteiger partial charge in [-0.2, -0.15) is 0 Å². The highest BCUT2D eigenvalue weighted by Crippen LogP contribution is 2.18. The van der Waals surface area contributed by atoms with Crippen LogP contribution in [-0.4, -0.2) is 26.5 Å². The molecule has 0 radical (unpaired) electrons. The second kappa shape index (κ2) is 6.36. The quantitative estimate of drug-likeness (QED) is 0.565. The van der Waals surface area contributed by atoms with E-state index in [0.29, 0.717) is 22.9 Å². The summed E-state index contributed by atoms with van der Waals surface area (Å²) in [7, 11) is 0. The number of amides is 1. The molecule has 4 N–H and O–H groups in total. The van der Waals surface area contributed by atoms with Crippen LogP contribution in [0.5, 0.6) is 0 Å². The number of imidazole rings is 1. The molecule has 1 atom stereocenters. The largest absolute Gasteiger partial charge is 0.348 e. The maximum Gasteiger partial charge on any atom is 0.253 e. The maximum absolute atomic E-state index is 12.0. The smallest absolute Gasteiger partial charge is 0.253 e. The van der Waals surface area contributed by atoms with Crippen molar-refractivity contribution in [3.8, 4) is 0 Å². The normalized spacial score (nSPS) is 11.9. The topological polar surface area (TPSA) is 97.9 Å². The zero-order valence-corrected chi connectivity index (χ0v) is 11.6. The summed E-state index contributed by atoms with van der Waals surface area (Å²) >= 11 is 5.93. The predicted molar refractivity (Wildman–Crippen MR) is 76.2 cm³/mol. The SMILES string of the molecule is CC(Cn1ccnc1)NC(=O)c1cnc(NN)c(Cl)c1. The number of nitrogens with one attached hydrogen (secondary N) is 2. The Hall–Kier alpha value is -2.12. The number of nitrogens with two attached hydrogens (primary N) is 1. The van der Waals surface area contributed by atoms with Crippen LogP contribution in [-0.2, 0) is 6.54 Å². The molecule has 1 amide bonds. The van der Waals surface area contributed by atoms with E-state index >= 15 is 0 Å². The molecule has 106 valence electrons. The highest BCUT2D eigenvalue weighted by atomic mass is 35.5. The first-order chi connectivity index (χ1) is 9.60. The maximum atomic E-state index is 12.0. The summed E-state index contributed by atoms with van der Waals surface area (Å²) in [6.45, 7) is 2.54. The lowest BCUT2D eigenvalue weighted by Gasteiger charge is -2.14. The van der Waals surface area contributed by atoms with Gasteiger partial charge in [-0.25, -0.2) is 15.8 Å². The van der Waals surface area contributed by atoms with Crippen LogP contribution in [0.4, 0.5) is 5.82 Å². The zero-order chi connectivity index (χ0) is 14.5. The van der Waals surface area contributed by atoms with Crippen molar-refractivity contribution in [3.05, 3.63) is 41.6 Å². The van der Waals surface area contributed by atoms with Crippen LogP contribution in [0.2, 0.25) is 5.02 Å². The van der Waals surface area contributed by atoms with Gasteiger partial charge in [0.25, 0.3) is 5.91 Å². The number of carbonyl (C=O) groups is 1. The summed E-state index contributed by atoms with van der Waals surface area (Å²) in [6.07, 6.45) is 6.64. The summed E-state index contributed by atoms with van der Waals surface area (Å²) in [5, 5.41) is 3.16. The molecule has 0 aromatic carbocycles. The lowest BCUT2D eigenvalue weighted by Crippen LogP contribution is -2.35. The van der Waals surface area contributed by atoms with Crippen LogP contribution in [0.15, 0.2) is 31.0 Å². The third-order valence-electron chi connectivity index (χ3n) is 2.66. The molecule has 1 unspecified atom stereocenters.